The summed E-state index contributed by atoms with van der Waals surface area (Å²) in [4.78, 5) is 24.8. The van der Waals surface area contributed by atoms with Crippen molar-refractivity contribution in [1.29, 1.82) is 0 Å². The molecule has 204 valence electrons. The molecule has 3 aromatic heterocycles. The van der Waals surface area contributed by atoms with Gasteiger partial charge in [-0.3, -0.25) is 9.55 Å². The van der Waals surface area contributed by atoms with Crippen molar-refractivity contribution >= 4 is 25.3 Å². The van der Waals surface area contributed by atoms with Gasteiger partial charge in [0, 0.05) is 11.3 Å². The van der Waals surface area contributed by atoms with E-state index < -0.39 is 13.2 Å². The Balaban J connectivity index is 1.63. The average Bonchev–Trinajstić information content (AvgIpc) is 3.30. The number of benzene rings is 2. The summed E-state index contributed by atoms with van der Waals surface area (Å²) in [6.07, 6.45) is 3.01. The van der Waals surface area contributed by atoms with Crippen molar-refractivity contribution in [3.63, 3.8) is 0 Å². The van der Waals surface area contributed by atoms with Gasteiger partial charge in [0.25, 0.3) is 0 Å². The molecule has 5 rings (SSSR count). The Bertz CT molecular complexity index is 1690. The molecule has 0 unspecified atom stereocenters. The molecule has 0 aliphatic rings. The fraction of sp³-hybridized carbons (Fsp3) is 0.233. The standard InChI is InChI=1S/C30H30FN5O3Si/c1-30(2,3)40(4,5)39-19-20-8-14-23(15-9-20)35-27(24-7-6-16-32-28(24)36(37)38)17-25-29(35)34-26(18-33-25)21-10-12-22(31)13-11-21/h6-18H,19H2,1-5H3. The van der Waals surface area contributed by atoms with E-state index in [0.29, 0.717) is 40.3 Å². The minimum atomic E-state index is -1.92. The first-order chi connectivity index (χ1) is 18.9. The quantitative estimate of drug-likeness (QED) is 0.116. The second-order valence-electron chi connectivity index (χ2n) is 11.2. The summed E-state index contributed by atoms with van der Waals surface area (Å²) in [6, 6.07) is 19.0. The summed E-state index contributed by atoms with van der Waals surface area (Å²) in [7, 11) is -1.92. The van der Waals surface area contributed by atoms with E-state index in [4.69, 9.17) is 9.41 Å². The molecule has 0 amide bonds. The molecule has 5 aromatic rings. The molecular formula is C30H30FN5O3Si. The predicted molar refractivity (Wildman–Crippen MR) is 156 cm³/mol. The molecule has 40 heavy (non-hydrogen) atoms. The van der Waals surface area contributed by atoms with Crippen LogP contribution in [0.15, 0.2) is 79.1 Å². The fourth-order valence-corrected chi connectivity index (χ4v) is 5.11. The van der Waals surface area contributed by atoms with Gasteiger partial charge in [-0.05, 0) is 88.2 Å². The van der Waals surface area contributed by atoms with Gasteiger partial charge in [0.15, 0.2) is 14.0 Å². The van der Waals surface area contributed by atoms with E-state index >= 15 is 0 Å². The number of hydrogen-bond acceptors (Lipinski definition) is 6. The zero-order valence-corrected chi connectivity index (χ0v) is 24.1. The van der Waals surface area contributed by atoms with Gasteiger partial charge in [0.05, 0.1) is 29.8 Å². The van der Waals surface area contributed by atoms with Gasteiger partial charge in [0.1, 0.15) is 17.5 Å². The highest BCUT2D eigenvalue weighted by molar-refractivity contribution is 6.74. The Morgan fingerprint density at radius 3 is 2.38 bits per heavy atom. The highest BCUT2D eigenvalue weighted by Gasteiger charge is 2.37. The molecule has 0 spiro atoms. The smallest absolute Gasteiger partial charge is 0.372 e. The Morgan fingerprint density at radius 2 is 1.73 bits per heavy atom. The Kier molecular flexibility index (Phi) is 7.07. The van der Waals surface area contributed by atoms with Gasteiger partial charge in [-0.15, -0.1) is 0 Å². The number of nitrogens with zero attached hydrogens (tertiary/aromatic N) is 5. The topological polar surface area (TPSA) is 96.0 Å². The second-order valence-corrected chi connectivity index (χ2v) is 16.0. The van der Waals surface area contributed by atoms with Crippen LogP contribution in [0.5, 0.6) is 0 Å². The van der Waals surface area contributed by atoms with E-state index in [1.54, 1.807) is 36.5 Å². The van der Waals surface area contributed by atoms with Gasteiger partial charge >= 0.3 is 5.82 Å². The van der Waals surface area contributed by atoms with Crippen LogP contribution in [0.3, 0.4) is 0 Å². The van der Waals surface area contributed by atoms with Crippen molar-refractivity contribution < 1.29 is 13.7 Å². The van der Waals surface area contributed by atoms with Gasteiger partial charge < -0.3 is 14.5 Å². The normalized spacial score (nSPS) is 12.2. The third kappa shape index (κ3) is 5.27. The highest BCUT2D eigenvalue weighted by Crippen LogP contribution is 2.38. The van der Waals surface area contributed by atoms with Crippen LogP contribution in [-0.2, 0) is 11.0 Å². The largest absolute Gasteiger partial charge is 0.413 e. The first-order valence-corrected chi connectivity index (χ1v) is 15.8. The van der Waals surface area contributed by atoms with Crippen molar-refractivity contribution in [1.82, 2.24) is 19.5 Å². The van der Waals surface area contributed by atoms with E-state index in [9.17, 15) is 14.5 Å². The molecule has 10 heteroatoms. The summed E-state index contributed by atoms with van der Waals surface area (Å²) >= 11 is 0. The summed E-state index contributed by atoms with van der Waals surface area (Å²) < 4.78 is 21.8. The Morgan fingerprint density at radius 1 is 1.02 bits per heavy atom. The summed E-state index contributed by atoms with van der Waals surface area (Å²) in [5.74, 6) is -0.602. The third-order valence-electron chi connectivity index (χ3n) is 7.48. The SMILES string of the molecule is CC(C)(C)[Si](C)(C)OCc1ccc(-n2c(-c3cccnc3[N+](=O)[O-])cc3ncc(-c4ccc(F)cc4)nc32)cc1. The van der Waals surface area contributed by atoms with Crippen molar-refractivity contribution in [3.05, 3.63) is 101 Å². The second kappa shape index (κ2) is 10.4. The molecule has 0 N–H and O–H groups in total. The average molecular weight is 556 g/mol. The molecule has 8 nitrogen and oxygen atoms in total. The molecule has 0 aliphatic heterocycles. The van der Waals surface area contributed by atoms with Crippen LogP contribution in [0.1, 0.15) is 26.3 Å². The summed E-state index contributed by atoms with van der Waals surface area (Å²) in [5.41, 5.74) is 5.00. The molecule has 0 saturated heterocycles. The van der Waals surface area contributed by atoms with Crippen LogP contribution in [0, 0.1) is 15.9 Å². The van der Waals surface area contributed by atoms with Crippen LogP contribution in [0.25, 0.3) is 39.4 Å². The molecule has 0 saturated carbocycles. The molecule has 2 aromatic carbocycles. The van der Waals surface area contributed by atoms with Gasteiger partial charge in [-0.25, -0.2) is 9.37 Å². The van der Waals surface area contributed by atoms with E-state index in [1.165, 1.54) is 18.3 Å². The summed E-state index contributed by atoms with van der Waals surface area (Å²) in [6.45, 7) is 11.6. The van der Waals surface area contributed by atoms with Crippen LogP contribution in [0.2, 0.25) is 18.1 Å². The maximum atomic E-state index is 13.5. The van der Waals surface area contributed by atoms with E-state index in [2.05, 4.69) is 43.8 Å². The van der Waals surface area contributed by atoms with Crippen LogP contribution < -0.4 is 0 Å². The van der Waals surface area contributed by atoms with Crippen LogP contribution in [-0.4, -0.2) is 32.8 Å². The number of pyridine rings is 1. The molecule has 0 bridgehead atoms. The van der Waals surface area contributed by atoms with Crippen molar-refractivity contribution in [2.75, 3.05) is 0 Å². The minimum Gasteiger partial charge on any atom is -0.413 e. The first-order valence-electron chi connectivity index (χ1n) is 12.9. The third-order valence-corrected chi connectivity index (χ3v) is 12.0. The zero-order chi connectivity index (χ0) is 28.7. The number of rotatable bonds is 7. The lowest BCUT2D eigenvalue weighted by Crippen LogP contribution is -2.40. The van der Waals surface area contributed by atoms with Crippen molar-refractivity contribution in [2.45, 2.75) is 45.5 Å². The molecular weight excluding hydrogens is 525 g/mol. The predicted octanol–water partition coefficient (Wildman–Crippen LogP) is 7.72. The minimum absolute atomic E-state index is 0.102. The highest BCUT2D eigenvalue weighted by atomic mass is 28.4. The molecule has 0 radical (unpaired) electrons. The van der Waals surface area contributed by atoms with Gasteiger partial charge in [-0.1, -0.05) is 32.9 Å². The monoisotopic (exact) mass is 555 g/mol. The lowest BCUT2D eigenvalue weighted by atomic mass is 10.1. The molecule has 0 fully saturated rings. The van der Waals surface area contributed by atoms with E-state index in [-0.39, 0.29) is 16.7 Å². The van der Waals surface area contributed by atoms with Crippen molar-refractivity contribution in [3.8, 4) is 28.2 Å². The number of aromatic nitrogens is 4. The number of nitro groups is 1. The fourth-order valence-electron chi connectivity index (χ4n) is 4.15. The van der Waals surface area contributed by atoms with E-state index in [0.717, 1.165) is 11.3 Å². The molecule has 0 aliphatic carbocycles. The maximum absolute atomic E-state index is 13.5. The van der Waals surface area contributed by atoms with Gasteiger partial charge in [0.2, 0.25) is 0 Å². The number of fused-ring (bicyclic) bond motifs is 1. The molecule has 0 atom stereocenters. The number of hydrogen-bond donors (Lipinski definition) is 0. The Labute approximate surface area is 232 Å². The van der Waals surface area contributed by atoms with Crippen LogP contribution >= 0.6 is 0 Å². The Hall–Kier alpha value is -4.28. The first kappa shape index (κ1) is 27.3. The molecule has 3 heterocycles. The summed E-state index contributed by atoms with van der Waals surface area (Å²) in [5, 5.41) is 12.0. The lowest BCUT2D eigenvalue weighted by Gasteiger charge is -2.36. The number of halogens is 1. The van der Waals surface area contributed by atoms with Crippen LogP contribution in [0.4, 0.5) is 10.2 Å². The lowest BCUT2D eigenvalue weighted by molar-refractivity contribution is -0.388. The zero-order valence-electron chi connectivity index (χ0n) is 23.1. The van der Waals surface area contributed by atoms with Crippen molar-refractivity contribution in [2.24, 2.45) is 0 Å². The van der Waals surface area contributed by atoms with Gasteiger partial charge in [-0.2, -0.15) is 0 Å². The van der Waals surface area contributed by atoms with E-state index in [1.807, 2.05) is 28.8 Å². The maximum Gasteiger partial charge on any atom is 0.372 e.